The Morgan fingerprint density at radius 1 is 1.04 bits per heavy atom. The van der Waals surface area contributed by atoms with Crippen LogP contribution < -0.4 is 5.32 Å². The van der Waals surface area contributed by atoms with Crippen LogP contribution in [0, 0.1) is 34.6 Å². The molecule has 24 heavy (non-hydrogen) atoms. The van der Waals surface area contributed by atoms with Crippen LogP contribution in [-0.4, -0.2) is 22.1 Å². The maximum absolute atomic E-state index is 12.4. The van der Waals surface area contributed by atoms with Crippen LogP contribution in [0.4, 0.5) is 5.69 Å². The largest absolute Gasteiger partial charge is 0.326 e. The molecule has 0 bridgehead atoms. The van der Waals surface area contributed by atoms with Crippen LogP contribution >= 0.6 is 11.8 Å². The fraction of sp³-hybridized carbons (Fsp3) is 0.421. The number of nitrogens with zero attached hydrogens (tertiary/aromatic N) is 2. The number of aryl methyl sites for hydroxylation is 5. The zero-order valence-electron chi connectivity index (χ0n) is 15.3. The predicted molar refractivity (Wildman–Crippen MR) is 101 cm³/mol. The topological polar surface area (TPSA) is 54.9 Å². The Kier molecular flexibility index (Phi) is 5.99. The van der Waals surface area contributed by atoms with Gasteiger partial charge in [-0.25, -0.2) is 9.97 Å². The second kappa shape index (κ2) is 7.79. The van der Waals surface area contributed by atoms with Gasteiger partial charge in [-0.3, -0.25) is 4.79 Å². The minimum absolute atomic E-state index is 0.0257. The number of anilines is 1. The Labute approximate surface area is 148 Å². The Hall–Kier alpha value is -1.88. The number of hydrogen-bond acceptors (Lipinski definition) is 4. The van der Waals surface area contributed by atoms with Crippen LogP contribution in [0.5, 0.6) is 0 Å². The third-order valence-corrected chi connectivity index (χ3v) is 4.67. The van der Waals surface area contributed by atoms with Gasteiger partial charge in [0, 0.05) is 23.5 Å². The summed E-state index contributed by atoms with van der Waals surface area (Å²) in [6.45, 7) is 10.1. The van der Waals surface area contributed by atoms with Crippen molar-refractivity contribution < 1.29 is 4.79 Å². The first-order chi connectivity index (χ1) is 11.3. The molecule has 0 radical (unpaired) electrons. The molecule has 1 heterocycles. The number of carbonyl (C=O) groups is 1. The van der Waals surface area contributed by atoms with Crippen LogP contribution in [0.3, 0.4) is 0 Å². The molecule has 0 aliphatic rings. The highest BCUT2D eigenvalue weighted by Crippen LogP contribution is 2.23. The molecule has 128 valence electrons. The molecular weight excluding hydrogens is 318 g/mol. The average Bonchev–Trinajstić information content (AvgIpc) is 2.49. The SMILES string of the molecule is CSc1nc(C)c(CCC(=O)Nc2c(C)cc(C)cc2C)c(C)n1. The molecule has 0 spiro atoms. The van der Waals surface area contributed by atoms with E-state index in [2.05, 4.69) is 34.3 Å². The number of thioether (sulfide) groups is 1. The van der Waals surface area contributed by atoms with Crippen LogP contribution in [0.2, 0.25) is 0 Å². The molecule has 0 saturated carbocycles. The molecule has 1 aromatic heterocycles. The lowest BCUT2D eigenvalue weighted by Crippen LogP contribution is -2.15. The summed E-state index contributed by atoms with van der Waals surface area (Å²) in [5.41, 5.74) is 7.32. The lowest BCUT2D eigenvalue weighted by atomic mass is 10.0. The fourth-order valence-corrected chi connectivity index (χ4v) is 3.44. The van der Waals surface area contributed by atoms with E-state index in [0.717, 1.165) is 38.9 Å². The molecule has 4 nitrogen and oxygen atoms in total. The number of aromatic nitrogens is 2. The van der Waals surface area contributed by atoms with E-state index in [4.69, 9.17) is 0 Å². The third-order valence-electron chi connectivity index (χ3n) is 4.13. The summed E-state index contributed by atoms with van der Waals surface area (Å²) in [7, 11) is 0. The molecule has 2 aromatic rings. The summed E-state index contributed by atoms with van der Waals surface area (Å²) in [4.78, 5) is 21.3. The normalized spacial score (nSPS) is 10.8. The van der Waals surface area contributed by atoms with Gasteiger partial charge in [0.1, 0.15) is 0 Å². The zero-order valence-corrected chi connectivity index (χ0v) is 16.1. The number of amides is 1. The molecular formula is C19H25N3OS. The van der Waals surface area contributed by atoms with Crippen molar-refractivity contribution in [1.82, 2.24) is 9.97 Å². The molecule has 1 N–H and O–H groups in total. The van der Waals surface area contributed by atoms with Crippen molar-refractivity contribution in [3.63, 3.8) is 0 Å². The van der Waals surface area contributed by atoms with Gasteiger partial charge in [0.15, 0.2) is 5.16 Å². The fourth-order valence-electron chi connectivity index (χ4n) is 2.98. The van der Waals surface area contributed by atoms with E-state index < -0.39 is 0 Å². The van der Waals surface area contributed by atoms with E-state index in [-0.39, 0.29) is 5.91 Å². The van der Waals surface area contributed by atoms with E-state index in [0.29, 0.717) is 12.8 Å². The lowest BCUT2D eigenvalue weighted by Gasteiger charge is -2.14. The maximum atomic E-state index is 12.4. The van der Waals surface area contributed by atoms with Gasteiger partial charge in [-0.15, -0.1) is 0 Å². The molecule has 0 aliphatic carbocycles. The van der Waals surface area contributed by atoms with Gasteiger partial charge in [0.2, 0.25) is 5.91 Å². The lowest BCUT2D eigenvalue weighted by molar-refractivity contribution is -0.116. The van der Waals surface area contributed by atoms with Gasteiger partial charge in [0.25, 0.3) is 0 Å². The van der Waals surface area contributed by atoms with Gasteiger partial charge < -0.3 is 5.32 Å². The highest BCUT2D eigenvalue weighted by molar-refractivity contribution is 7.98. The third kappa shape index (κ3) is 4.35. The van der Waals surface area contributed by atoms with Crippen LogP contribution in [0.15, 0.2) is 17.3 Å². The van der Waals surface area contributed by atoms with E-state index >= 15 is 0 Å². The molecule has 0 saturated heterocycles. The Morgan fingerprint density at radius 3 is 2.08 bits per heavy atom. The molecule has 0 atom stereocenters. The van der Waals surface area contributed by atoms with Crippen molar-refractivity contribution in [2.45, 2.75) is 52.6 Å². The monoisotopic (exact) mass is 343 g/mol. The van der Waals surface area contributed by atoms with Crippen LogP contribution in [-0.2, 0) is 11.2 Å². The van der Waals surface area contributed by atoms with Crippen molar-refractivity contribution in [3.8, 4) is 0 Å². The molecule has 2 rings (SSSR count). The number of benzene rings is 1. The molecule has 1 aromatic carbocycles. The summed E-state index contributed by atoms with van der Waals surface area (Å²) in [5, 5.41) is 3.84. The van der Waals surface area contributed by atoms with Gasteiger partial charge in [-0.2, -0.15) is 0 Å². The minimum Gasteiger partial charge on any atom is -0.326 e. The van der Waals surface area contributed by atoms with Gasteiger partial charge in [0.05, 0.1) is 0 Å². The van der Waals surface area contributed by atoms with Gasteiger partial charge >= 0.3 is 0 Å². The quantitative estimate of drug-likeness (QED) is 0.649. The van der Waals surface area contributed by atoms with Crippen molar-refractivity contribution in [3.05, 3.63) is 45.8 Å². The van der Waals surface area contributed by atoms with Crippen molar-refractivity contribution in [2.75, 3.05) is 11.6 Å². The van der Waals surface area contributed by atoms with Crippen LogP contribution in [0.25, 0.3) is 0 Å². The van der Waals surface area contributed by atoms with Crippen LogP contribution in [0.1, 0.15) is 40.1 Å². The highest BCUT2D eigenvalue weighted by Gasteiger charge is 2.12. The van der Waals surface area contributed by atoms with E-state index in [1.165, 1.54) is 17.3 Å². The first kappa shape index (κ1) is 18.5. The molecule has 0 fully saturated rings. The summed E-state index contributed by atoms with van der Waals surface area (Å²) >= 11 is 1.53. The molecule has 0 unspecified atom stereocenters. The second-order valence-corrected chi connectivity index (χ2v) is 6.95. The average molecular weight is 343 g/mol. The molecule has 0 aliphatic heterocycles. The van der Waals surface area contributed by atoms with E-state index in [9.17, 15) is 4.79 Å². The predicted octanol–water partition coefficient (Wildman–Crippen LogP) is 4.31. The minimum atomic E-state index is 0.0257. The highest BCUT2D eigenvalue weighted by atomic mass is 32.2. The smallest absolute Gasteiger partial charge is 0.224 e. The number of rotatable bonds is 5. The van der Waals surface area contributed by atoms with Crippen molar-refractivity contribution in [1.29, 1.82) is 0 Å². The first-order valence-corrected chi connectivity index (χ1v) is 9.30. The summed E-state index contributed by atoms with van der Waals surface area (Å²) in [6, 6.07) is 4.18. The number of nitrogens with one attached hydrogen (secondary N) is 1. The van der Waals surface area contributed by atoms with Gasteiger partial charge in [-0.1, -0.05) is 29.5 Å². The maximum Gasteiger partial charge on any atom is 0.224 e. The van der Waals surface area contributed by atoms with E-state index in [1.807, 2.05) is 34.0 Å². The molecule has 1 amide bonds. The summed E-state index contributed by atoms with van der Waals surface area (Å²) in [5.74, 6) is 0.0257. The van der Waals surface area contributed by atoms with Crippen molar-refractivity contribution >= 4 is 23.4 Å². The second-order valence-electron chi connectivity index (χ2n) is 6.18. The number of hydrogen-bond donors (Lipinski definition) is 1. The zero-order chi connectivity index (χ0) is 17.9. The number of carbonyl (C=O) groups excluding carboxylic acids is 1. The molecule has 5 heteroatoms. The van der Waals surface area contributed by atoms with E-state index in [1.54, 1.807) is 0 Å². The van der Waals surface area contributed by atoms with Crippen molar-refractivity contribution in [2.24, 2.45) is 0 Å². The first-order valence-electron chi connectivity index (χ1n) is 8.07. The Balaban J connectivity index is 2.07. The Bertz CT molecular complexity index is 725. The summed E-state index contributed by atoms with van der Waals surface area (Å²) in [6.07, 6.45) is 3.05. The standard InChI is InChI=1S/C19H25N3OS/c1-11-9-12(2)18(13(3)10-11)22-17(23)8-7-16-14(4)20-19(24-6)21-15(16)5/h9-10H,7-8H2,1-6H3,(H,22,23). The Morgan fingerprint density at radius 2 is 1.58 bits per heavy atom. The summed E-state index contributed by atoms with van der Waals surface area (Å²) < 4.78 is 0. The van der Waals surface area contributed by atoms with Gasteiger partial charge in [-0.05, 0) is 64.0 Å².